The molecule has 0 aliphatic carbocycles. The van der Waals surface area contributed by atoms with Gasteiger partial charge in [-0.25, -0.2) is 12.1 Å². The van der Waals surface area contributed by atoms with E-state index in [1.54, 1.807) is 0 Å². The van der Waals surface area contributed by atoms with Gasteiger partial charge in [0, 0.05) is 0 Å². The van der Waals surface area contributed by atoms with Crippen molar-refractivity contribution >= 4 is 33.4 Å². The monoisotopic (exact) mass is 502 g/mol. The molecule has 0 spiro atoms. The van der Waals surface area contributed by atoms with Crippen molar-refractivity contribution in [3.8, 4) is 0 Å². The Morgan fingerprint density at radius 3 is 2.00 bits per heavy atom. The molecular weight excluding hydrogens is 482 g/mol. The van der Waals surface area contributed by atoms with Crippen molar-refractivity contribution in [1.29, 1.82) is 0 Å². The fraction of sp³-hybridized carbons (Fsp3) is 0.176. The van der Waals surface area contributed by atoms with E-state index in [9.17, 15) is 0 Å². The van der Waals surface area contributed by atoms with Crippen LogP contribution in [0.2, 0.25) is 13.1 Å². The molecule has 0 amide bonds. The molecule has 0 heterocycles. The van der Waals surface area contributed by atoms with Crippen LogP contribution >= 0.6 is 17.2 Å². The summed E-state index contributed by atoms with van der Waals surface area (Å²) in [4.78, 5) is 0. The summed E-state index contributed by atoms with van der Waals surface area (Å²) in [5, 5.41) is 2.72. The summed E-state index contributed by atoms with van der Waals surface area (Å²) in [5.41, 5.74) is 1.16. The van der Waals surface area contributed by atoms with Crippen molar-refractivity contribution in [2.24, 2.45) is 0 Å². The zero-order valence-electron chi connectivity index (χ0n) is 12.6. The van der Waals surface area contributed by atoms with E-state index >= 15 is 0 Å². The maximum atomic E-state index is 5.64. The summed E-state index contributed by atoms with van der Waals surface area (Å²) in [7, 11) is 11.3. The van der Waals surface area contributed by atoms with E-state index < -0.39 is 17.7 Å². The van der Waals surface area contributed by atoms with Gasteiger partial charge in [0.05, 0.1) is 0 Å². The summed E-state index contributed by atoms with van der Waals surface area (Å²) in [6.45, 7) is 6.49. The van der Waals surface area contributed by atoms with E-state index in [2.05, 4.69) is 56.4 Å². The molecule has 0 saturated heterocycles. The molecule has 3 aromatic rings. The average molecular weight is 502 g/mol. The molecule has 0 aromatic heterocycles. The van der Waals surface area contributed by atoms with Gasteiger partial charge in [-0.1, -0.05) is 13.0 Å². The molecule has 3 aromatic carbocycles. The minimum absolute atomic E-state index is 0.208. The third-order valence-electron chi connectivity index (χ3n) is 2.83. The van der Waals surface area contributed by atoms with Gasteiger partial charge in [-0.3, -0.25) is 0 Å². The van der Waals surface area contributed by atoms with Gasteiger partial charge < -0.3 is 0 Å². The van der Waals surface area contributed by atoms with Crippen molar-refractivity contribution in [1.82, 2.24) is 0 Å². The standard InChI is InChI=1S/C10H9.C5H5.C2H6Si.2ClH.Hf/c1-8-6-7-9-4-2-3-5-10(8)9;1-2-4-5-3-1;1-3-2;;;/h2-7H,1H3;1-5H;1-2H3;2*1H;/q2*-1;;;;+2/p-2. The summed E-state index contributed by atoms with van der Waals surface area (Å²) < 4.78 is 0. The van der Waals surface area contributed by atoms with Crippen LogP contribution in [-0.2, 0) is 17.7 Å². The van der Waals surface area contributed by atoms with Gasteiger partial charge in [0.2, 0.25) is 0 Å². The van der Waals surface area contributed by atoms with Crippen LogP contribution in [0.1, 0.15) is 5.56 Å². The van der Waals surface area contributed by atoms with E-state index in [0.29, 0.717) is 0 Å². The topological polar surface area (TPSA) is 0 Å². The van der Waals surface area contributed by atoms with Crippen LogP contribution in [0.3, 0.4) is 0 Å². The first-order valence-electron chi connectivity index (χ1n) is 6.78. The van der Waals surface area contributed by atoms with Gasteiger partial charge in [0.15, 0.2) is 0 Å². The zero-order valence-corrected chi connectivity index (χ0v) is 18.7. The normalized spacial score (nSPS) is 9.19. The number of aryl methyl sites for hydroxylation is 1. The Hall–Kier alpha value is -0.153. The van der Waals surface area contributed by atoms with Gasteiger partial charge in [-0.05, 0) is 0 Å². The summed E-state index contributed by atoms with van der Waals surface area (Å²) in [6, 6.07) is 22.8. The number of rotatable bonds is 0. The number of halogens is 2. The Kier molecular flexibility index (Phi) is 9.49. The molecule has 0 N–H and O–H groups in total. The van der Waals surface area contributed by atoms with E-state index in [1.165, 1.54) is 16.3 Å². The van der Waals surface area contributed by atoms with Gasteiger partial charge in [0.1, 0.15) is 0 Å². The summed E-state index contributed by atoms with van der Waals surface area (Å²) >= 11 is -1.78. The second-order valence-corrected chi connectivity index (χ2v) is 36.5. The molecule has 0 fully saturated rings. The second kappa shape index (κ2) is 10.6. The van der Waals surface area contributed by atoms with Crippen LogP contribution < -0.4 is 0 Å². The molecule has 0 radical (unpaired) electrons. The second-order valence-electron chi connectivity index (χ2n) is 4.83. The number of hydrogen-bond donors (Lipinski definition) is 0. The average Bonchev–Trinajstić information content (AvgIpc) is 3.14. The first kappa shape index (κ1) is 18.9. The van der Waals surface area contributed by atoms with Crippen LogP contribution in [0, 0.1) is 6.92 Å². The van der Waals surface area contributed by atoms with Crippen molar-refractivity contribution < 1.29 is 17.7 Å². The predicted molar refractivity (Wildman–Crippen MR) is 95.5 cm³/mol. The summed E-state index contributed by atoms with van der Waals surface area (Å²) in [5.74, 6) is 0. The van der Waals surface area contributed by atoms with Gasteiger partial charge in [-0.15, -0.1) is 35.0 Å². The third kappa shape index (κ3) is 7.60. The van der Waals surface area contributed by atoms with Crippen molar-refractivity contribution in [3.05, 3.63) is 72.3 Å². The Morgan fingerprint density at radius 2 is 1.57 bits per heavy atom. The van der Waals surface area contributed by atoms with Crippen LogP contribution in [0.5, 0.6) is 0 Å². The molecular formula is C17H20Cl2HfSi-2. The molecule has 112 valence electrons. The van der Waals surface area contributed by atoms with Crippen molar-refractivity contribution in [2.75, 3.05) is 0 Å². The smallest absolute Gasteiger partial charge is 0.0809 e. The Bertz CT molecular complexity index is 634. The molecule has 4 heteroatoms. The van der Waals surface area contributed by atoms with Crippen molar-refractivity contribution in [3.63, 3.8) is 0 Å². The van der Waals surface area contributed by atoms with E-state index in [-0.39, 0.29) is 5.49 Å². The van der Waals surface area contributed by atoms with Crippen molar-refractivity contribution in [2.45, 2.75) is 20.0 Å². The minimum Gasteiger partial charge on any atom is -0.214 e. The Balaban J connectivity index is 0.000000173. The fourth-order valence-corrected chi connectivity index (χ4v) is 1.63. The van der Waals surface area contributed by atoms with E-state index in [0.717, 1.165) is 0 Å². The van der Waals surface area contributed by atoms with Gasteiger partial charge in [-0.2, -0.15) is 29.8 Å². The quantitative estimate of drug-likeness (QED) is 0.246. The number of hydrogen-bond acceptors (Lipinski definition) is 0. The fourth-order valence-electron chi connectivity index (χ4n) is 1.63. The molecule has 0 saturated carbocycles. The molecule has 21 heavy (non-hydrogen) atoms. The van der Waals surface area contributed by atoms with Crippen LogP contribution in [-0.4, -0.2) is 5.49 Å². The molecule has 0 aliphatic heterocycles. The van der Waals surface area contributed by atoms with E-state index in [1.807, 2.05) is 30.3 Å². The molecule has 3 rings (SSSR count). The van der Waals surface area contributed by atoms with Crippen LogP contribution in [0.15, 0.2) is 66.7 Å². The van der Waals surface area contributed by atoms with Crippen LogP contribution in [0.4, 0.5) is 0 Å². The molecule has 0 bridgehead atoms. The maximum Gasteiger partial charge on any atom is -0.0809 e. The molecule has 0 aliphatic rings. The van der Waals surface area contributed by atoms with Crippen LogP contribution in [0.25, 0.3) is 10.8 Å². The molecule has 0 nitrogen and oxygen atoms in total. The molecule has 0 atom stereocenters. The third-order valence-corrected chi connectivity index (χ3v) is 30.3. The summed E-state index contributed by atoms with van der Waals surface area (Å²) in [6.07, 6.45) is 0. The maximum absolute atomic E-state index is 5.64. The Morgan fingerprint density at radius 1 is 1.00 bits per heavy atom. The first-order chi connectivity index (χ1) is 10.0. The minimum atomic E-state index is -1.78. The number of benzene rings is 1. The zero-order chi connectivity index (χ0) is 15.7. The van der Waals surface area contributed by atoms with Gasteiger partial charge in [0.25, 0.3) is 0 Å². The van der Waals surface area contributed by atoms with Gasteiger partial charge >= 0.3 is 53.4 Å². The first-order valence-corrected chi connectivity index (χ1v) is 23.6. The SMILES string of the molecule is C[Si](C)=[Hf]([Cl])[Cl].Cc1c[cH-]c2ccccc12.c1cc[cH-]c1. The Labute approximate surface area is 142 Å². The van der Waals surface area contributed by atoms with E-state index in [4.69, 9.17) is 17.2 Å². The predicted octanol–water partition coefficient (Wildman–Crippen LogP) is 6.44. The molecule has 0 unspecified atom stereocenters. The number of fused-ring (bicyclic) bond motifs is 1. The largest absolute Gasteiger partial charge is 0.214 e.